The van der Waals surface area contributed by atoms with Crippen molar-refractivity contribution in [3.8, 4) is 0 Å². The number of hydrogen-bond donors (Lipinski definition) is 1. The average Bonchev–Trinajstić information content (AvgIpc) is 2.39. The summed E-state index contributed by atoms with van der Waals surface area (Å²) in [6.45, 7) is 6.90. The second kappa shape index (κ2) is 6.18. The fourth-order valence-electron chi connectivity index (χ4n) is 2.25. The smallest absolute Gasteiger partial charge is 0.248 e. The number of nitrogens with one attached hydrogen (secondary N) is 1. The van der Waals surface area contributed by atoms with Crippen LogP contribution in [-0.2, 0) is 14.3 Å². The highest BCUT2D eigenvalue weighted by molar-refractivity contribution is 5.93. The highest BCUT2D eigenvalue weighted by Gasteiger charge is 2.41. The van der Waals surface area contributed by atoms with E-state index in [0.717, 1.165) is 6.42 Å². The molecule has 18 heavy (non-hydrogen) atoms. The Hall–Kier alpha value is -1.10. The molecule has 1 N–H and O–H groups in total. The first-order valence-electron chi connectivity index (χ1n) is 6.55. The molecule has 1 heterocycles. The lowest BCUT2D eigenvalue weighted by atomic mass is 9.97. The fourth-order valence-corrected chi connectivity index (χ4v) is 2.25. The van der Waals surface area contributed by atoms with Crippen LogP contribution in [0, 0.1) is 0 Å². The zero-order chi connectivity index (χ0) is 13.8. The minimum atomic E-state index is -0.769. The predicted molar refractivity (Wildman–Crippen MR) is 69.1 cm³/mol. The zero-order valence-corrected chi connectivity index (χ0v) is 11.8. The van der Waals surface area contributed by atoms with Gasteiger partial charge in [0, 0.05) is 32.7 Å². The average molecular weight is 256 g/mol. The summed E-state index contributed by atoms with van der Waals surface area (Å²) in [5.41, 5.74) is -0.769. The van der Waals surface area contributed by atoms with Crippen LogP contribution in [0.5, 0.6) is 0 Å². The molecule has 0 aromatic heterocycles. The lowest BCUT2D eigenvalue weighted by molar-refractivity contribution is -0.139. The third-order valence-electron chi connectivity index (χ3n) is 3.62. The van der Waals surface area contributed by atoms with Crippen LogP contribution >= 0.6 is 0 Å². The Bertz CT molecular complexity index is 319. The molecule has 0 aromatic carbocycles. The summed E-state index contributed by atoms with van der Waals surface area (Å²) in [7, 11) is 1.65. The van der Waals surface area contributed by atoms with Crippen LogP contribution in [0.1, 0.15) is 40.0 Å². The molecule has 5 heteroatoms. The highest BCUT2D eigenvalue weighted by Crippen LogP contribution is 2.21. The standard InChI is InChI=1S/C13H24N2O3/c1-5-13(3)12(17)15(7-6-8-18-4)10(2)9-11(16)14-13/h10H,5-9H2,1-4H3,(H,14,16). The topological polar surface area (TPSA) is 58.6 Å². The van der Waals surface area contributed by atoms with Gasteiger partial charge in [0.2, 0.25) is 11.8 Å². The van der Waals surface area contributed by atoms with Crippen molar-refractivity contribution in [2.45, 2.75) is 51.6 Å². The molecule has 2 unspecified atom stereocenters. The van der Waals surface area contributed by atoms with Crippen LogP contribution in [0.4, 0.5) is 0 Å². The Labute approximate surface area is 109 Å². The van der Waals surface area contributed by atoms with Crippen molar-refractivity contribution in [1.82, 2.24) is 10.2 Å². The summed E-state index contributed by atoms with van der Waals surface area (Å²) >= 11 is 0. The van der Waals surface area contributed by atoms with Crippen molar-refractivity contribution in [2.75, 3.05) is 20.3 Å². The lowest BCUT2D eigenvalue weighted by Gasteiger charge is -2.33. The second-order valence-corrected chi connectivity index (χ2v) is 5.13. The summed E-state index contributed by atoms with van der Waals surface area (Å²) in [4.78, 5) is 26.1. The minimum absolute atomic E-state index is 0.0134. The van der Waals surface area contributed by atoms with Gasteiger partial charge >= 0.3 is 0 Å². The second-order valence-electron chi connectivity index (χ2n) is 5.13. The number of ether oxygens (including phenoxy) is 1. The molecule has 1 fully saturated rings. The van der Waals surface area contributed by atoms with Gasteiger partial charge in [0.1, 0.15) is 5.54 Å². The van der Waals surface area contributed by atoms with Gasteiger partial charge < -0.3 is 15.0 Å². The van der Waals surface area contributed by atoms with E-state index in [1.54, 1.807) is 18.9 Å². The highest BCUT2D eigenvalue weighted by atomic mass is 16.5. The van der Waals surface area contributed by atoms with Gasteiger partial charge in [-0.15, -0.1) is 0 Å². The molecule has 1 saturated heterocycles. The molecular weight excluding hydrogens is 232 g/mol. The summed E-state index contributed by atoms with van der Waals surface area (Å²) in [5.74, 6) is -0.0334. The van der Waals surface area contributed by atoms with E-state index in [4.69, 9.17) is 4.74 Å². The van der Waals surface area contributed by atoms with Gasteiger partial charge in [-0.25, -0.2) is 0 Å². The Balaban J connectivity index is 2.84. The van der Waals surface area contributed by atoms with Crippen LogP contribution in [0.2, 0.25) is 0 Å². The third-order valence-corrected chi connectivity index (χ3v) is 3.62. The Morgan fingerprint density at radius 1 is 1.50 bits per heavy atom. The quantitative estimate of drug-likeness (QED) is 0.744. The molecule has 5 nitrogen and oxygen atoms in total. The largest absolute Gasteiger partial charge is 0.385 e. The van der Waals surface area contributed by atoms with E-state index in [-0.39, 0.29) is 17.9 Å². The molecule has 2 amide bonds. The van der Waals surface area contributed by atoms with Crippen molar-refractivity contribution in [1.29, 1.82) is 0 Å². The van der Waals surface area contributed by atoms with E-state index in [9.17, 15) is 9.59 Å². The lowest BCUT2D eigenvalue weighted by Crippen LogP contribution is -2.55. The molecule has 0 spiro atoms. The third kappa shape index (κ3) is 3.22. The number of carbonyl (C=O) groups excluding carboxylic acids is 2. The van der Waals surface area contributed by atoms with Crippen molar-refractivity contribution in [3.05, 3.63) is 0 Å². The van der Waals surface area contributed by atoms with Crippen molar-refractivity contribution >= 4 is 11.8 Å². The van der Waals surface area contributed by atoms with E-state index >= 15 is 0 Å². The molecule has 0 radical (unpaired) electrons. The van der Waals surface area contributed by atoms with E-state index < -0.39 is 5.54 Å². The van der Waals surface area contributed by atoms with Gasteiger partial charge in [0.25, 0.3) is 0 Å². The minimum Gasteiger partial charge on any atom is -0.385 e. The van der Waals surface area contributed by atoms with E-state index in [2.05, 4.69) is 5.32 Å². The summed E-state index contributed by atoms with van der Waals surface area (Å²) in [6, 6.07) is -0.0530. The van der Waals surface area contributed by atoms with Gasteiger partial charge in [-0.1, -0.05) is 6.92 Å². The number of carbonyl (C=O) groups is 2. The molecule has 1 rings (SSSR count). The van der Waals surface area contributed by atoms with Gasteiger partial charge in [-0.2, -0.15) is 0 Å². The van der Waals surface area contributed by atoms with Gasteiger partial charge in [0.05, 0.1) is 0 Å². The van der Waals surface area contributed by atoms with E-state index in [1.165, 1.54) is 0 Å². The molecule has 2 atom stereocenters. The van der Waals surface area contributed by atoms with Crippen molar-refractivity contribution in [3.63, 3.8) is 0 Å². The van der Waals surface area contributed by atoms with E-state index in [1.807, 2.05) is 13.8 Å². The molecule has 1 aliphatic heterocycles. The molecule has 104 valence electrons. The molecule has 0 aliphatic carbocycles. The van der Waals surface area contributed by atoms with Crippen molar-refractivity contribution in [2.24, 2.45) is 0 Å². The molecule has 0 bridgehead atoms. The first kappa shape index (κ1) is 15.0. The van der Waals surface area contributed by atoms with Gasteiger partial charge in [-0.05, 0) is 26.7 Å². The van der Waals surface area contributed by atoms with Crippen LogP contribution in [0.3, 0.4) is 0 Å². The van der Waals surface area contributed by atoms with Crippen molar-refractivity contribution < 1.29 is 14.3 Å². The maximum absolute atomic E-state index is 12.5. The zero-order valence-electron chi connectivity index (χ0n) is 11.8. The maximum atomic E-state index is 12.5. The van der Waals surface area contributed by atoms with Crippen LogP contribution in [0.25, 0.3) is 0 Å². The number of methoxy groups -OCH3 is 1. The summed E-state index contributed by atoms with van der Waals surface area (Å²) in [6.07, 6.45) is 1.76. The Morgan fingerprint density at radius 2 is 2.17 bits per heavy atom. The number of rotatable bonds is 5. The fraction of sp³-hybridized carbons (Fsp3) is 0.846. The monoisotopic (exact) mass is 256 g/mol. The first-order chi connectivity index (χ1) is 8.44. The molecule has 0 aromatic rings. The van der Waals surface area contributed by atoms with Gasteiger partial charge in [-0.3, -0.25) is 9.59 Å². The summed E-state index contributed by atoms with van der Waals surface area (Å²) < 4.78 is 5.01. The molecular formula is C13H24N2O3. The Kier molecular flexibility index (Phi) is 5.14. The number of nitrogens with zero attached hydrogens (tertiary/aromatic N) is 1. The van der Waals surface area contributed by atoms with Crippen LogP contribution in [-0.4, -0.2) is 48.6 Å². The SMILES string of the molecule is CCC1(C)NC(=O)CC(C)N(CCCOC)C1=O. The maximum Gasteiger partial charge on any atom is 0.248 e. The molecule has 1 aliphatic rings. The van der Waals surface area contributed by atoms with Gasteiger partial charge in [0.15, 0.2) is 0 Å². The normalized spacial score (nSPS) is 29.1. The molecule has 0 saturated carbocycles. The van der Waals surface area contributed by atoms with E-state index in [0.29, 0.717) is 26.0 Å². The van der Waals surface area contributed by atoms with Crippen LogP contribution < -0.4 is 5.32 Å². The Morgan fingerprint density at radius 3 is 2.72 bits per heavy atom. The number of amides is 2. The first-order valence-corrected chi connectivity index (χ1v) is 6.55. The number of hydrogen-bond acceptors (Lipinski definition) is 3. The van der Waals surface area contributed by atoms with Crippen LogP contribution in [0.15, 0.2) is 0 Å². The predicted octanol–water partition coefficient (Wildman–Crippen LogP) is 0.929. The summed E-state index contributed by atoms with van der Waals surface area (Å²) in [5, 5.41) is 2.84.